The van der Waals surface area contributed by atoms with Crippen LogP contribution in [0.15, 0.2) is 60.7 Å². The second-order valence-electron chi connectivity index (χ2n) is 5.49. The fraction of sp³-hybridized carbons (Fsp3) is 0.167. The van der Waals surface area contributed by atoms with Crippen LogP contribution in [0.25, 0.3) is 0 Å². The molecule has 2 atom stereocenters. The van der Waals surface area contributed by atoms with E-state index in [1.54, 1.807) is 54.6 Å². The normalized spacial score (nSPS) is 12.6. The minimum atomic E-state index is -0.946. The Morgan fingerprint density at radius 3 is 1.80 bits per heavy atom. The molecule has 0 bridgehead atoms. The molecule has 0 aromatic heterocycles. The van der Waals surface area contributed by atoms with Gasteiger partial charge >= 0.3 is 6.03 Å². The highest BCUT2D eigenvalue weighted by molar-refractivity contribution is 5.88. The monoisotopic (exact) mass is 340 g/mol. The minimum absolute atomic E-state index is 0.0798. The van der Waals surface area contributed by atoms with Crippen molar-refractivity contribution in [3.05, 3.63) is 71.8 Å². The summed E-state index contributed by atoms with van der Waals surface area (Å²) in [4.78, 5) is 35.3. The standard InChI is InChI=1S/C18H20N4O3/c19-17(24)16(13-9-5-2-6-10-13)22-15(23)11-14(21-18(20)25)12-7-3-1-4-8-12/h1-10,14,16H,11H2,(H2,19,24)(H,22,23)(H3,20,21,25)/t14-,16-/m1/s1. The second-order valence-corrected chi connectivity index (χ2v) is 5.49. The molecule has 2 aromatic carbocycles. The number of primary amides is 2. The maximum atomic E-state index is 12.4. The van der Waals surface area contributed by atoms with Gasteiger partial charge in [-0.15, -0.1) is 0 Å². The van der Waals surface area contributed by atoms with E-state index in [4.69, 9.17) is 11.5 Å². The first-order chi connectivity index (χ1) is 12.0. The lowest BCUT2D eigenvalue weighted by molar-refractivity contribution is -0.127. The molecule has 0 aliphatic rings. The molecule has 0 spiro atoms. The number of carbonyl (C=O) groups is 3. The van der Waals surface area contributed by atoms with Gasteiger partial charge in [0.2, 0.25) is 11.8 Å². The quantitative estimate of drug-likeness (QED) is 0.603. The Bertz CT molecular complexity index is 735. The van der Waals surface area contributed by atoms with Gasteiger partial charge in [-0.25, -0.2) is 4.79 Å². The number of carbonyl (C=O) groups excluding carboxylic acids is 3. The molecule has 6 N–H and O–H groups in total. The van der Waals surface area contributed by atoms with Crippen molar-refractivity contribution in [3.63, 3.8) is 0 Å². The molecule has 25 heavy (non-hydrogen) atoms. The van der Waals surface area contributed by atoms with Crippen molar-refractivity contribution in [2.75, 3.05) is 0 Å². The van der Waals surface area contributed by atoms with Crippen molar-refractivity contribution >= 4 is 17.8 Å². The first kappa shape index (κ1) is 18.0. The van der Waals surface area contributed by atoms with Crippen LogP contribution >= 0.6 is 0 Å². The van der Waals surface area contributed by atoms with E-state index in [1.807, 2.05) is 6.07 Å². The van der Waals surface area contributed by atoms with Gasteiger partial charge in [-0.05, 0) is 11.1 Å². The second kappa shape index (κ2) is 8.49. The number of hydrogen-bond acceptors (Lipinski definition) is 3. The molecule has 0 saturated carbocycles. The van der Waals surface area contributed by atoms with Crippen molar-refractivity contribution in [2.45, 2.75) is 18.5 Å². The Morgan fingerprint density at radius 1 is 0.800 bits per heavy atom. The predicted octanol–water partition coefficient (Wildman–Crippen LogP) is 1.13. The zero-order chi connectivity index (χ0) is 18.2. The first-order valence-corrected chi connectivity index (χ1v) is 7.72. The number of benzene rings is 2. The van der Waals surface area contributed by atoms with Crippen LogP contribution in [0.3, 0.4) is 0 Å². The van der Waals surface area contributed by atoms with E-state index >= 15 is 0 Å². The summed E-state index contributed by atoms with van der Waals surface area (Å²) < 4.78 is 0. The lowest BCUT2D eigenvalue weighted by Gasteiger charge is -2.20. The van der Waals surface area contributed by atoms with Crippen molar-refractivity contribution in [3.8, 4) is 0 Å². The highest BCUT2D eigenvalue weighted by Crippen LogP contribution is 2.18. The fourth-order valence-electron chi connectivity index (χ4n) is 2.48. The largest absolute Gasteiger partial charge is 0.368 e. The van der Waals surface area contributed by atoms with Crippen LogP contribution in [0.5, 0.6) is 0 Å². The molecule has 130 valence electrons. The van der Waals surface area contributed by atoms with Crippen molar-refractivity contribution in [1.82, 2.24) is 10.6 Å². The molecule has 0 saturated heterocycles. The number of rotatable bonds is 7. The molecule has 0 heterocycles. The highest BCUT2D eigenvalue weighted by Gasteiger charge is 2.23. The van der Waals surface area contributed by atoms with E-state index in [2.05, 4.69) is 10.6 Å². The third-order valence-corrected chi connectivity index (χ3v) is 3.63. The minimum Gasteiger partial charge on any atom is -0.368 e. The fourth-order valence-corrected chi connectivity index (χ4v) is 2.48. The van der Waals surface area contributed by atoms with E-state index in [9.17, 15) is 14.4 Å². The third kappa shape index (κ3) is 5.35. The number of amides is 4. The average molecular weight is 340 g/mol. The smallest absolute Gasteiger partial charge is 0.312 e. The summed E-state index contributed by atoms with van der Waals surface area (Å²) >= 11 is 0. The van der Waals surface area contributed by atoms with Crippen LogP contribution in [0, 0.1) is 0 Å². The van der Waals surface area contributed by atoms with Gasteiger partial charge in [0.05, 0.1) is 12.5 Å². The molecule has 0 radical (unpaired) electrons. The zero-order valence-electron chi connectivity index (χ0n) is 13.5. The van der Waals surface area contributed by atoms with Gasteiger partial charge in [-0.1, -0.05) is 60.7 Å². The van der Waals surface area contributed by atoms with Gasteiger partial charge < -0.3 is 22.1 Å². The van der Waals surface area contributed by atoms with Gasteiger partial charge in [-0.2, -0.15) is 0 Å². The number of hydrogen-bond donors (Lipinski definition) is 4. The van der Waals surface area contributed by atoms with Crippen LogP contribution < -0.4 is 22.1 Å². The van der Waals surface area contributed by atoms with E-state index in [0.717, 1.165) is 5.56 Å². The molecular weight excluding hydrogens is 320 g/mol. The third-order valence-electron chi connectivity index (χ3n) is 3.63. The molecule has 7 nitrogen and oxygen atoms in total. The Morgan fingerprint density at radius 2 is 1.32 bits per heavy atom. The summed E-state index contributed by atoms with van der Waals surface area (Å²) in [6.07, 6.45) is -0.0798. The summed E-state index contributed by atoms with van der Waals surface area (Å²) in [6, 6.07) is 15.4. The molecule has 0 unspecified atom stereocenters. The number of nitrogens with one attached hydrogen (secondary N) is 2. The van der Waals surface area contributed by atoms with E-state index < -0.39 is 29.9 Å². The molecule has 2 rings (SSSR count). The average Bonchev–Trinajstić information content (AvgIpc) is 2.60. The van der Waals surface area contributed by atoms with Gasteiger partial charge in [0.15, 0.2) is 0 Å². The topological polar surface area (TPSA) is 127 Å². The first-order valence-electron chi connectivity index (χ1n) is 7.72. The number of urea groups is 1. The zero-order valence-corrected chi connectivity index (χ0v) is 13.5. The Labute approximate surface area is 145 Å². The van der Waals surface area contributed by atoms with Crippen molar-refractivity contribution in [2.24, 2.45) is 11.5 Å². The van der Waals surface area contributed by atoms with Gasteiger partial charge in [0, 0.05) is 0 Å². The van der Waals surface area contributed by atoms with Crippen molar-refractivity contribution in [1.29, 1.82) is 0 Å². The molecule has 2 aromatic rings. The maximum Gasteiger partial charge on any atom is 0.312 e. The SMILES string of the molecule is NC(=O)N[C@H](CC(=O)N[C@@H](C(N)=O)c1ccccc1)c1ccccc1. The summed E-state index contributed by atoms with van der Waals surface area (Å²) in [5.41, 5.74) is 11.9. The van der Waals surface area contributed by atoms with E-state index in [1.165, 1.54) is 0 Å². The molecular formula is C18H20N4O3. The summed E-state index contributed by atoms with van der Waals surface area (Å²) in [7, 11) is 0. The van der Waals surface area contributed by atoms with Crippen LogP contribution in [-0.2, 0) is 9.59 Å². The molecule has 7 heteroatoms. The lowest BCUT2D eigenvalue weighted by Crippen LogP contribution is -2.40. The maximum absolute atomic E-state index is 12.4. The summed E-state index contributed by atoms with van der Waals surface area (Å²) in [5.74, 6) is -1.10. The molecule has 0 aliphatic heterocycles. The van der Waals surface area contributed by atoms with Crippen LogP contribution in [0.1, 0.15) is 29.6 Å². The Balaban J connectivity index is 2.12. The molecule has 0 fully saturated rings. The summed E-state index contributed by atoms with van der Waals surface area (Å²) in [5, 5.41) is 5.13. The van der Waals surface area contributed by atoms with Crippen LogP contribution in [0.4, 0.5) is 4.79 Å². The van der Waals surface area contributed by atoms with Gasteiger partial charge in [0.25, 0.3) is 0 Å². The Hall–Kier alpha value is -3.35. The van der Waals surface area contributed by atoms with Gasteiger partial charge in [-0.3, -0.25) is 9.59 Å². The predicted molar refractivity (Wildman–Crippen MR) is 93.0 cm³/mol. The van der Waals surface area contributed by atoms with Gasteiger partial charge in [0.1, 0.15) is 6.04 Å². The molecule has 4 amide bonds. The van der Waals surface area contributed by atoms with E-state index in [0.29, 0.717) is 5.56 Å². The molecule has 0 aliphatic carbocycles. The Kier molecular flexibility index (Phi) is 6.11. The highest BCUT2D eigenvalue weighted by atomic mass is 16.2. The van der Waals surface area contributed by atoms with E-state index in [-0.39, 0.29) is 6.42 Å². The summed E-state index contributed by atoms with van der Waals surface area (Å²) in [6.45, 7) is 0. The van der Waals surface area contributed by atoms with Crippen LogP contribution in [-0.4, -0.2) is 17.8 Å². The number of nitrogens with two attached hydrogens (primary N) is 2. The van der Waals surface area contributed by atoms with Crippen molar-refractivity contribution < 1.29 is 14.4 Å². The lowest BCUT2D eigenvalue weighted by atomic mass is 10.0. The van der Waals surface area contributed by atoms with Crippen LogP contribution in [0.2, 0.25) is 0 Å².